The van der Waals surface area contributed by atoms with Crippen LogP contribution in [0.25, 0.3) is 0 Å². The molecule has 7 nitrogen and oxygen atoms in total. The lowest BCUT2D eigenvalue weighted by Crippen LogP contribution is -2.40. The van der Waals surface area contributed by atoms with Gasteiger partial charge in [-0.1, -0.05) is 18.5 Å². The molecule has 0 unspecified atom stereocenters. The Morgan fingerprint density at radius 2 is 2.11 bits per heavy atom. The van der Waals surface area contributed by atoms with Gasteiger partial charge >= 0.3 is 5.97 Å². The summed E-state index contributed by atoms with van der Waals surface area (Å²) < 4.78 is 32.2. The minimum atomic E-state index is -3.81. The van der Waals surface area contributed by atoms with Crippen LogP contribution in [0.4, 0.5) is 0 Å². The maximum absolute atomic E-state index is 13.0. The quantitative estimate of drug-likeness (QED) is 0.719. The first kappa shape index (κ1) is 21.7. The lowest BCUT2D eigenvalue weighted by molar-refractivity contribution is -0.144. The highest BCUT2D eigenvalue weighted by atomic mass is 35.5. The molecule has 2 rings (SSSR count). The molecule has 0 aromatic heterocycles. The molecule has 9 heteroatoms. The molecule has 2 atom stereocenters. The molecule has 0 aliphatic carbocycles. The fraction of sp³-hybridized carbons (Fsp3) is 0.556. The predicted molar refractivity (Wildman–Crippen MR) is 102 cm³/mol. The van der Waals surface area contributed by atoms with E-state index in [9.17, 15) is 18.0 Å². The van der Waals surface area contributed by atoms with E-state index in [-0.39, 0.29) is 28.0 Å². The monoisotopic (exact) mass is 416 g/mol. The smallest absolute Gasteiger partial charge is 0.328 e. The third-order valence-electron chi connectivity index (χ3n) is 4.42. The van der Waals surface area contributed by atoms with Gasteiger partial charge in [0, 0.05) is 18.7 Å². The first-order valence-corrected chi connectivity index (χ1v) is 10.8. The Hall–Kier alpha value is -1.64. The van der Waals surface area contributed by atoms with Gasteiger partial charge in [0.2, 0.25) is 10.0 Å². The highest BCUT2D eigenvalue weighted by Gasteiger charge is 2.31. The van der Waals surface area contributed by atoms with E-state index in [1.54, 1.807) is 6.92 Å². The number of hydrogen-bond acceptors (Lipinski definition) is 5. The lowest BCUT2D eigenvalue weighted by atomic mass is 10.0. The Morgan fingerprint density at radius 1 is 1.41 bits per heavy atom. The third-order valence-corrected chi connectivity index (χ3v) is 6.77. The van der Waals surface area contributed by atoms with E-state index in [1.807, 2.05) is 6.92 Å². The number of rotatable bonds is 6. The molecule has 27 heavy (non-hydrogen) atoms. The number of hydrogen-bond donors (Lipinski definition) is 1. The maximum atomic E-state index is 13.0. The van der Waals surface area contributed by atoms with E-state index in [2.05, 4.69) is 5.32 Å². The van der Waals surface area contributed by atoms with Gasteiger partial charge in [0.1, 0.15) is 10.9 Å². The average Bonchev–Trinajstić information content (AvgIpc) is 2.62. The van der Waals surface area contributed by atoms with Crippen molar-refractivity contribution in [3.63, 3.8) is 0 Å². The van der Waals surface area contributed by atoms with Crippen molar-refractivity contribution in [2.45, 2.75) is 44.6 Å². The Labute approximate surface area is 165 Å². The Bertz CT molecular complexity index is 812. The number of piperidine rings is 1. The molecule has 0 saturated carbocycles. The minimum Gasteiger partial charge on any atom is -0.464 e. The van der Waals surface area contributed by atoms with Gasteiger partial charge in [-0.3, -0.25) is 4.79 Å². The highest BCUT2D eigenvalue weighted by Crippen LogP contribution is 2.29. The molecule has 1 amide bonds. The summed E-state index contributed by atoms with van der Waals surface area (Å²) in [4.78, 5) is 24.0. The van der Waals surface area contributed by atoms with Crippen LogP contribution in [0.3, 0.4) is 0 Å². The van der Waals surface area contributed by atoms with Crippen LogP contribution in [0.2, 0.25) is 5.02 Å². The molecule has 1 aromatic rings. The van der Waals surface area contributed by atoms with Crippen LogP contribution >= 0.6 is 11.6 Å². The van der Waals surface area contributed by atoms with Crippen LogP contribution in [0, 0.1) is 5.92 Å². The van der Waals surface area contributed by atoms with E-state index in [0.29, 0.717) is 13.1 Å². The number of benzene rings is 1. The minimum absolute atomic E-state index is 0.0585. The van der Waals surface area contributed by atoms with Crippen LogP contribution in [-0.4, -0.2) is 50.3 Å². The number of esters is 1. The third kappa shape index (κ3) is 5.21. The number of nitrogens with one attached hydrogen (secondary N) is 1. The van der Waals surface area contributed by atoms with Crippen molar-refractivity contribution in [2.24, 2.45) is 5.92 Å². The summed E-state index contributed by atoms with van der Waals surface area (Å²) in [6, 6.07) is 3.21. The largest absolute Gasteiger partial charge is 0.464 e. The van der Waals surface area contributed by atoms with Gasteiger partial charge in [0.15, 0.2) is 0 Å². The van der Waals surface area contributed by atoms with E-state index in [0.717, 1.165) is 12.8 Å². The molecule has 1 N–H and O–H groups in total. The zero-order valence-electron chi connectivity index (χ0n) is 15.7. The summed E-state index contributed by atoms with van der Waals surface area (Å²) in [7, 11) is -3.81. The van der Waals surface area contributed by atoms with Crippen molar-refractivity contribution in [2.75, 3.05) is 19.7 Å². The normalized spacial score (nSPS) is 19.3. The van der Waals surface area contributed by atoms with Crippen LogP contribution in [0.5, 0.6) is 0 Å². The number of halogens is 1. The highest BCUT2D eigenvalue weighted by molar-refractivity contribution is 7.89. The number of nitrogens with zero attached hydrogens (tertiary/aromatic N) is 1. The van der Waals surface area contributed by atoms with E-state index in [4.69, 9.17) is 16.3 Å². The summed E-state index contributed by atoms with van der Waals surface area (Å²) >= 11 is 6.13. The second-order valence-corrected chi connectivity index (χ2v) is 9.02. The second kappa shape index (κ2) is 9.03. The van der Waals surface area contributed by atoms with Crippen molar-refractivity contribution in [3.05, 3.63) is 28.8 Å². The van der Waals surface area contributed by atoms with Crippen LogP contribution in [-0.2, 0) is 19.6 Å². The van der Waals surface area contributed by atoms with E-state index < -0.39 is 27.9 Å². The molecule has 1 aromatic carbocycles. The maximum Gasteiger partial charge on any atom is 0.328 e. The molecular formula is C18H25ClN2O5S. The van der Waals surface area contributed by atoms with E-state index in [1.165, 1.54) is 29.4 Å². The van der Waals surface area contributed by atoms with Gasteiger partial charge in [-0.15, -0.1) is 0 Å². The van der Waals surface area contributed by atoms with Gasteiger partial charge in [-0.25, -0.2) is 13.2 Å². The molecule has 0 spiro atoms. The Balaban J connectivity index is 2.25. The number of ether oxygens (including phenoxy) is 1. The van der Waals surface area contributed by atoms with Crippen molar-refractivity contribution in [1.82, 2.24) is 9.62 Å². The van der Waals surface area contributed by atoms with Crippen LogP contribution in [0.15, 0.2) is 23.1 Å². The Kier molecular flexibility index (Phi) is 7.25. The van der Waals surface area contributed by atoms with E-state index >= 15 is 0 Å². The fourth-order valence-corrected chi connectivity index (χ4v) is 5.05. The fourth-order valence-electron chi connectivity index (χ4n) is 2.95. The lowest BCUT2D eigenvalue weighted by Gasteiger charge is -2.30. The zero-order chi connectivity index (χ0) is 20.2. The van der Waals surface area contributed by atoms with Gasteiger partial charge in [0.05, 0.1) is 11.6 Å². The van der Waals surface area contributed by atoms with Gasteiger partial charge in [0.25, 0.3) is 5.91 Å². The number of amides is 1. The molecule has 1 heterocycles. The Morgan fingerprint density at radius 3 is 2.74 bits per heavy atom. The van der Waals surface area contributed by atoms with Crippen molar-refractivity contribution >= 4 is 33.5 Å². The SMILES string of the molecule is CCOC(=O)[C@H](C)NC(=O)c1ccc(Cl)c(S(=O)(=O)N2CCC[C@H](C)C2)c1. The second-order valence-electron chi connectivity index (χ2n) is 6.70. The van der Waals surface area contributed by atoms with Crippen molar-refractivity contribution in [3.8, 4) is 0 Å². The van der Waals surface area contributed by atoms with Crippen molar-refractivity contribution < 1.29 is 22.7 Å². The topological polar surface area (TPSA) is 92.8 Å². The summed E-state index contributed by atoms with van der Waals surface area (Å²) in [5, 5.41) is 2.56. The summed E-state index contributed by atoms with van der Waals surface area (Å²) in [5.41, 5.74) is 0.110. The molecular weight excluding hydrogens is 392 g/mol. The molecule has 150 valence electrons. The predicted octanol–water partition coefficient (Wildman–Crippen LogP) is 2.44. The molecule has 1 aliphatic heterocycles. The molecule has 1 fully saturated rings. The number of carbonyl (C=O) groups is 2. The molecule has 1 saturated heterocycles. The average molecular weight is 417 g/mol. The summed E-state index contributed by atoms with van der Waals surface area (Å²) in [6.45, 7) is 6.23. The summed E-state index contributed by atoms with van der Waals surface area (Å²) in [6.07, 6.45) is 1.77. The first-order chi connectivity index (χ1) is 12.7. The van der Waals surface area contributed by atoms with Crippen LogP contribution in [0.1, 0.15) is 44.0 Å². The zero-order valence-corrected chi connectivity index (χ0v) is 17.3. The standard InChI is InChI=1S/C18H25ClN2O5S/c1-4-26-18(23)13(3)20-17(22)14-7-8-15(19)16(10-14)27(24,25)21-9-5-6-12(2)11-21/h7-8,10,12-13H,4-6,9,11H2,1-3H3,(H,20,22)/t12-,13-/m0/s1. The van der Waals surface area contributed by atoms with Gasteiger partial charge in [-0.2, -0.15) is 4.31 Å². The number of carbonyl (C=O) groups excluding carboxylic acids is 2. The van der Waals surface area contributed by atoms with Gasteiger partial charge in [-0.05, 0) is 50.8 Å². The molecule has 1 aliphatic rings. The number of sulfonamides is 1. The summed E-state index contributed by atoms with van der Waals surface area (Å²) in [5.74, 6) is -0.866. The van der Waals surface area contributed by atoms with Crippen molar-refractivity contribution in [1.29, 1.82) is 0 Å². The first-order valence-electron chi connectivity index (χ1n) is 8.94. The molecule has 0 radical (unpaired) electrons. The van der Waals surface area contributed by atoms with Crippen LogP contribution < -0.4 is 5.32 Å². The van der Waals surface area contributed by atoms with Gasteiger partial charge < -0.3 is 10.1 Å². The molecule has 0 bridgehead atoms.